The highest BCUT2D eigenvalue weighted by Crippen LogP contribution is 2.37. The largest absolute Gasteiger partial charge is 0.493 e. The van der Waals surface area contributed by atoms with E-state index in [4.69, 9.17) is 15.2 Å². The molecular weight excluding hydrogens is 377 g/mol. The second kappa shape index (κ2) is 8.22. The molecule has 0 fully saturated rings. The van der Waals surface area contributed by atoms with Crippen molar-refractivity contribution in [3.8, 4) is 22.8 Å². The maximum absolute atomic E-state index is 13.2. The van der Waals surface area contributed by atoms with E-state index >= 15 is 0 Å². The van der Waals surface area contributed by atoms with Gasteiger partial charge in [0.2, 0.25) is 5.88 Å². The van der Waals surface area contributed by atoms with Crippen molar-refractivity contribution in [1.82, 2.24) is 9.97 Å². The zero-order chi connectivity index (χ0) is 19.3. The highest BCUT2D eigenvalue weighted by molar-refractivity contribution is 7.17. The minimum absolute atomic E-state index is 0.267. The lowest BCUT2D eigenvalue weighted by molar-refractivity contribution is 0.244. The molecule has 0 radical (unpaired) electrons. The molecule has 142 valence electrons. The van der Waals surface area contributed by atoms with E-state index < -0.39 is 0 Å². The van der Waals surface area contributed by atoms with Crippen molar-refractivity contribution in [3.05, 3.63) is 66.1 Å². The SMILES string of the molecule is Nc1ccc(OCCCOc2ncnc3scc(-c4ccc(F)cc4)c23)cc1. The van der Waals surface area contributed by atoms with Crippen LogP contribution in [-0.4, -0.2) is 23.2 Å². The predicted octanol–water partition coefficient (Wildman–Crippen LogP) is 4.93. The first-order chi connectivity index (χ1) is 13.7. The van der Waals surface area contributed by atoms with Crippen LogP contribution in [0.5, 0.6) is 11.6 Å². The molecule has 2 aromatic heterocycles. The lowest BCUT2D eigenvalue weighted by Gasteiger charge is -2.09. The van der Waals surface area contributed by atoms with Crippen molar-refractivity contribution >= 4 is 27.2 Å². The minimum Gasteiger partial charge on any atom is -0.493 e. The Balaban J connectivity index is 1.43. The van der Waals surface area contributed by atoms with Crippen LogP contribution in [0.1, 0.15) is 6.42 Å². The van der Waals surface area contributed by atoms with Gasteiger partial charge in [0.05, 0.1) is 18.6 Å². The molecule has 4 aromatic rings. The van der Waals surface area contributed by atoms with Gasteiger partial charge in [-0.3, -0.25) is 0 Å². The fourth-order valence-electron chi connectivity index (χ4n) is 2.78. The summed E-state index contributed by atoms with van der Waals surface area (Å²) in [7, 11) is 0. The van der Waals surface area contributed by atoms with Crippen molar-refractivity contribution in [2.75, 3.05) is 18.9 Å². The molecule has 2 heterocycles. The molecule has 0 aliphatic carbocycles. The summed E-state index contributed by atoms with van der Waals surface area (Å²) in [5.41, 5.74) is 8.21. The number of anilines is 1. The first kappa shape index (κ1) is 18.2. The summed E-state index contributed by atoms with van der Waals surface area (Å²) < 4.78 is 24.8. The molecule has 5 nitrogen and oxygen atoms in total. The number of benzene rings is 2. The Kier molecular flexibility index (Phi) is 5.34. The Morgan fingerprint density at radius 1 is 0.929 bits per heavy atom. The number of thiophene rings is 1. The van der Waals surface area contributed by atoms with E-state index in [0.29, 0.717) is 31.2 Å². The molecule has 0 atom stereocenters. The smallest absolute Gasteiger partial charge is 0.225 e. The van der Waals surface area contributed by atoms with Gasteiger partial charge in [-0.2, -0.15) is 0 Å². The average molecular weight is 395 g/mol. The van der Waals surface area contributed by atoms with Crippen molar-refractivity contribution in [2.24, 2.45) is 0 Å². The molecule has 7 heteroatoms. The number of nitrogens with two attached hydrogens (primary N) is 1. The number of aromatic nitrogens is 2. The van der Waals surface area contributed by atoms with Gasteiger partial charge in [0, 0.05) is 23.1 Å². The van der Waals surface area contributed by atoms with Crippen LogP contribution in [0.3, 0.4) is 0 Å². The summed E-state index contributed by atoms with van der Waals surface area (Å²) in [6, 6.07) is 13.7. The Hall–Kier alpha value is -3.19. The summed E-state index contributed by atoms with van der Waals surface area (Å²) in [6.45, 7) is 0.979. The predicted molar refractivity (Wildman–Crippen MR) is 109 cm³/mol. The molecule has 0 aliphatic rings. The third kappa shape index (κ3) is 4.04. The van der Waals surface area contributed by atoms with Gasteiger partial charge in [0.15, 0.2) is 0 Å². The zero-order valence-corrected chi connectivity index (χ0v) is 15.8. The van der Waals surface area contributed by atoms with Gasteiger partial charge in [-0.05, 0) is 42.0 Å². The van der Waals surface area contributed by atoms with E-state index in [0.717, 1.165) is 27.1 Å². The molecule has 0 saturated heterocycles. The quantitative estimate of drug-likeness (QED) is 0.355. The number of nitrogens with zero attached hydrogens (tertiary/aromatic N) is 2. The fraction of sp³-hybridized carbons (Fsp3) is 0.143. The Morgan fingerprint density at radius 2 is 1.68 bits per heavy atom. The third-order valence-electron chi connectivity index (χ3n) is 4.17. The lowest BCUT2D eigenvalue weighted by atomic mass is 10.1. The van der Waals surface area contributed by atoms with Crippen LogP contribution >= 0.6 is 11.3 Å². The van der Waals surface area contributed by atoms with Crippen LogP contribution in [0.4, 0.5) is 10.1 Å². The van der Waals surface area contributed by atoms with Crippen LogP contribution in [0.25, 0.3) is 21.3 Å². The van der Waals surface area contributed by atoms with E-state index in [-0.39, 0.29) is 5.82 Å². The molecule has 4 rings (SSSR count). The fourth-order valence-corrected chi connectivity index (χ4v) is 3.69. The van der Waals surface area contributed by atoms with E-state index in [9.17, 15) is 4.39 Å². The molecule has 0 amide bonds. The molecule has 0 saturated carbocycles. The Bertz CT molecular complexity index is 1070. The normalized spacial score (nSPS) is 10.9. The number of halogens is 1. The van der Waals surface area contributed by atoms with Gasteiger partial charge < -0.3 is 15.2 Å². The molecule has 0 unspecified atom stereocenters. The average Bonchev–Trinajstić information content (AvgIpc) is 3.15. The van der Waals surface area contributed by atoms with Crippen molar-refractivity contribution in [1.29, 1.82) is 0 Å². The highest BCUT2D eigenvalue weighted by Gasteiger charge is 2.14. The van der Waals surface area contributed by atoms with Gasteiger partial charge in [-0.25, -0.2) is 14.4 Å². The number of fused-ring (bicyclic) bond motifs is 1. The molecule has 2 aromatic carbocycles. The van der Waals surface area contributed by atoms with Crippen LogP contribution in [-0.2, 0) is 0 Å². The van der Waals surface area contributed by atoms with Gasteiger partial charge in [0.25, 0.3) is 0 Å². The molecule has 0 bridgehead atoms. The number of rotatable bonds is 7. The maximum Gasteiger partial charge on any atom is 0.225 e. The van der Waals surface area contributed by atoms with Crippen molar-refractivity contribution in [3.63, 3.8) is 0 Å². The first-order valence-electron chi connectivity index (χ1n) is 8.80. The summed E-state index contributed by atoms with van der Waals surface area (Å²) in [4.78, 5) is 9.44. The minimum atomic E-state index is -0.267. The second-order valence-electron chi connectivity index (χ2n) is 6.13. The van der Waals surface area contributed by atoms with Crippen LogP contribution in [0.2, 0.25) is 0 Å². The lowest BCUT2D eigenvalue weighted by Crippen LogP contribution is -2.06. The number of ether oxygens (including phenoxy) is 2. The topological polar surface area (TPSA) is 70.3 Å². The van der Waals surface area contributed by atoms with Crippen molar-refractivity contribution < 1.29 is 13.9 Å². The van der Waals surface area contributed by atoms with E-state index in [1.165, 1.54) is 29.8 Å². The molecule has 2 N–H and O–H groups in total. The maximum atomic E-state index is 13.2. The van der Waals surface area contributed by atoms with Crippen molar-refractivity contribution in [2.45, 2.75) is 6.42 Å². The standard InChI is InChI=1S/C21H18FN3O2S/c22-15-4-2-14(3-5-15)18-12-28-21-19(18)20(24-13-25-21)27-11-1-10-26-17-8-6-16(23)7-9-17/h2-9,12-13H,1,10-11,23H2. The van der Waals surface area contributed by atoms with Crippen LogP contribution in [0, 0.1) is 5.82 Å². The third-order valence-corrected chi connectivity index (χ3v) is 5.05. The highest BCUT2D eigenvalue weighted by atomic mass is 32.1. The van der Waals surface area contributed by atoms with E-state index in [2.05, 4.69) is 9.97 Å². The number of hydrogen-bond donors (Lipinski definition) is 1. The van der Waals surface area contributed by atoms with Gasteiger partial charge >= 0.3 is 0 Å². The van der Waals surface area contributed by atoms with Gasteiger partial charge in [-0.15, -0.1) is 11.3 Å². The van der Waals surface area contributed by atoms with Gasteiger partial charge in [0.1, 0.15) is 22.7 Å². The summed E-state index contributed by atoms with van der Waals surface area (Å²) >= 11 is 1.51. The molecule has 28 heavy (non-hydrogen) atoms. The monoisotopic (exact) mass is 395 g/mol. The van der Waals surface area contributed by atoms with Crippen LogP contribution in [0.15, 0.2) is 60.2 Å². The number of nitrogen functional groups attached to an aromatic ring is 1. The van der Waals surface area contributed by atoms with E-state index in [1.54, 1.807) is 24.3 Å². The van der Waals surface area contributed by atoms with E-state index in [1.807, 2.05) is 17.5 Å². The molecule has 0 aliphatic heterocycles. The Labute approximate surface area is 165 Å². The summed E-state index contributed by atoms with van der Waals surface area (Å²) in [5.74, 6) is 1.03. The zero-order valence-electron chi connectivity index (χ0n) is 15.0. The second-order valence-corrected chi connectivity index (χ2v) is 6.99. The van der Waals surface area contributed by atoms with Gasteiger partial charge in [-0.1, -0.05) is 12.1 Å². The van der Waals surface area contributed by atoms with Crippen LogP contribution < -0.4 is 15.2 Å². The summed E-state index contributed by atoms with van der Waals surface area (Å²) in [6.07, 6.45) is 2.19. The summed E-state index contributed by atoms with van der Waals surface area (Å²) in [5, 5.41) is 2.84. The number of hydrogen-bond acceptors (Lipinski definition) is 6. The Morgan fingerprint density at radius 3 is 2.46 bits per heavy atom. The molecule has 0 spiro atoms. The first-order valence-corrected chi connectivity index (χ1v) is 9.68. The molecular formula is C21H18FN3O2S.